The topological polar surface area (TPSA) is 74.8 Å². The van der Waals surface area contributed by atoms with E-state index in [0.29, 0.717) is 38.7 Å². The number of sulfonamides is 1. The molecule has 0 atom stereocenters. The van der Waals surface area contributed by atoms with Crippen molar-refractivity contribution in [3.05, 3.63) is 48.2 Å². The molecule has 0 aliphatic carbocycles. The molecule has 1 N–H and O–H groups in total. The van der Waals surface area contributed by atoms with Gasteiger partial charge in [-0.25, -0.2) is 13.4 Å². The predicted molar refractivity (Wildman–Crippen MR) is 114 cm³/mol. The van der Waals surface area contributed by atoms with Crippen LogP contribution < -0.4 is 10.2 Å². The summed E-state index contributed by atoms with van der Waals surface area (Å²) in [7, 11) is -3.51. The van der Waals surface area contributed by atoms with Crippen LogP contribution in [0.1, 0.15) is 24.8 Å². The number of morpholine rings is 1. The Morgan fingerprint density at radius 1 is 0.966 bits per heavy atom. The van der Waals surface area contributed by atoms with Crippen molar-refractivity contribution in [2.45, 2.75) is 30.7 Å². The molecule has 0 amide bonds. The van der Waals surface area contributed by atoms with Crippen molar-refractivity contribution in [2.75, 3.05) is 49.6 Å². The number of rotatable bonds is 6. The number of hydrogen-bond acceptors (Lipinski definition) is 6. The molecule has 156 valence electrons. The number of hydrogen-bond donors (Lipinski definition) is 1. The van der Waals surface area contributed by atoms with Gasteiger partial charge in [-0.05, 0) is 43.0 Å². The smallest absolute Gasteiger partial charge is 0.244 e. The van der Waals surface area contributed by atoms with Crippen LogP contribution >= 0.6 is 0 Å². The number of nitrogens with one attached hydrogen (secondary N) is 1. The van der Waals surface area contributed by atoms with E-state index < -0.39 is 10.0 Å². The highest BCUT2D eigenvalue weighted by molar-refractivity contribution is 7.89. The first kappa shape index (κ1) is 20.1. The Balaban J connectivity index is 1.42. The lowest BCUT2D eigenvalue weighted by Gasteiger charge is -2.30. The molecule has 0 unspecified atom stereocenters. The summed E-state index contributed by atoms with van der Waals surface area (Å²) in [5.74, 6) is 0.666. The van der Waals surface area contributed by atoms with Crippen molar-refractivity contribution in [3.63, 3.8) is 0 Å². The Kier molecular flexibility index (Phi) is 6.32. The van der Waals surface area contributed by atoms with Crippen LogP contribution in [0.3, 0.4) is 0 Å². The van der Waals surface area contributed by atoms with Gasteiger partial charge in [0.2, 0.25) is 10.0 Å². The maximum Gasteiger partial charge on any atom is 0.244 e. The van der Waals surface area contributed by atoms with E-state index >= 15 is 0 Å². The van der Waals surface area contributed by atoms with Gasteiger partial charge >= 0.3 is 0 Å². The van der Waals surface area contributed by atoms with Gasteiger partial charge in [0.1, 0.15) is 10.7 Å². The summed E-state index contributed by atoms with van der Waals surface area (Å²) in [6, 6.07) is 11.8. The molecule has 7 nitrogen and oxygen atoms in total. The van der Waals surface area contributed by atoms with Crippen molar-refractivity contribution in [1.29, 1.82) is 0 Å². The molecular formula is C21H28N4O3S. The molecule has 0 radical (unpaired) electrons. The molecule has 1 aromatic heterocycles. The van der Waals surface area contributed by atoms with Crippen molar-refractivity contribution in [3.8, 4) is 0 Å². The van der Waals surface area contributed by atoms with E-state index in [-0.39, 0.29) is 4.90 Å². The fraction of sp³-hybridized carbons (Fsp3) is 0.476. The second-order valence-electron chi connectivity index (χ2n) is 7.43. The molecule has 2 saturated heterocycles. The minimum Gasteiger partial charge on any atom is -0.379 e. The van der Waals surface area contributed by atoms with Gasteiger partial charge in [0, 0.05) is 44.6 Å². The number of ether oxygens (including phenoxy) is 1. The quantitative estimate of drug-likeness (QED) is 0.780. The van der Waals surface area contributed by atoms with Crippen molar-refractivity contribution < 1.29 is 13.2 Å². The minimum absolute atomic E-state index is 0.221. The molecule has 0 spiro atoms. The molecule has 3 heterocycles. The number of benzene rings is 1. The molecule has 2 fully saturated rings. The van der Waals surface area contributed by atoms with Crippen LogP contribution in [-0.4, -0.2) is 57.1 Å². The maximum absolute atomic E-state index is 12.7. The van der Waals surface area contributed by atoms with E-state index in [1.807, 2.05) is 0 Å². The summed E-state index contributed by atoms with van der Waals surface area (Å²) in [4.78, 5) is 7.01. The first-order chi connectivity index (χ1) is 14.1. The highest BCUT2D eigenvalue weighted by atomic mass is 32.2. The summed E-state index contributed by atoms with van der Waals surface area (Å²) in [5.41, 5.74) is 2.49. The van der Waals surface area contributed by atoms with Crippen LogP contribution in [0.2, 0.25) is 0 Å². The van der Waals surface area contributed by atoms with E-state index in [2.05, 4.69) is 39.5 Å². The molecule has 8 heteroatoms. The van der Waals surface area contributed by atoms with E-state index in [1.165, 1.54) is 41.0 Å². The normalized spacial score (nSPS) is 18.6. The van der Waals surface area contributed by atoms with E-state index in [4.69, 9.17) is 4.74 Å². The van der Waals surface area contributed by atoms with Gasteiger partial charge in [0.15, 0.2) is 0 Å². The molecule has 2 aliphatic rings. The lowest BCUT2D eigenvalue weighted by atomic mass is 10.1. The highest BCUT2D eigenvalue weighted by Gasteiger charge is 2.26. The van der Waals surface area contributed by atoms with Gasteiger partial charge in [-0.15, -0.1) is 0 Å². The van der Waals surface area contributed by atoms with Crippen LogP contribution in [0, 0.1) is 0 Å². The Bertz CT molecular complexity index is 906. The highest BCUT2D eigenvalue weighted by Crippen LogP contribution is 2.25. The fourth-order valence-electron chi connectivity index (χ4n) is 3.86. The van der Waals surface area contributed by atoms with Gasteiger partial charge in [0.25, 0.3) is 0 Å². The summed E-state index contributed by atoms with van der Waals surface area (Å²) < 4.78 is 32.1. The summed E-state index contributed by atoms with van der Waals surface area (Å²) in [5, 5.41) is 3.33. The third-order valence-corrected chi connectivity index (χ3v) is 7.37. The lowest BCUT2D eigenvalue weighted by molar-refractivity contribution is 0.0730. The summed E-state index contributed by atoms with van der Waals surface area (Å²) >= 11 is 0. The Morgan fingerprint density at radius 2 is 1.72 bits per heavy atom. The van der Waals surface area contributed by atoms with Crippen LogP contribution in [0.4, 0.5) is 11.5 Å². The van der Waals surface area contributed by atoms with Gasteiger partial charge < -0.3 is 15.0 Å². The molecule has 4 rings (SSSR count). The van der Waals surface area contributed by atoms with Gasteiger partial charge in [0.05, 0.1) is 13.2 Å². The molecule has 29 heavy (non-hydrogen) atoms. The third kappa shape index (κ3) is 4.71. The van der Waals surface area contributed by atoms with Crippen molar-refractivity contribution >= 4 is 21.5 Å². The number of pyridine rings is 1. The largest absolute Gasteiger partial charge is 0.379 e. The molecule has 2 aliphatic heterocycles. The minimum atomic E-state index is -3.51. The molecule has 0 saturated carbocycles. The van der Waals surface area contributed by atoms with Crippen LogP contribution in [0.25, 0.3) is 0 Å². The third-order valence-electron chi connectivity index (χ3n) is 5.49. The van der Waals surface area contributed by atoms with Gasteiger partial charge in [-0.3, -0.25) is 0 Å². The average Bonchev–Trinajstić information content (AvgIpc) is 2.79. The predicted octanol–water partition coefficient (Wildman–Crippen LogP) is 2.70. The fourth-order valence-corrected chi connectivity index (χ4v) is 5.22. The van der Waals surface area contributed by atoms with E-state index in [9.17, 15) is 8.42 Å². The van der Waals surface area contributed by atoms with Gasteiger partial charge in [-0.2, -0.15) is 4.31 Å². The number of nitrogens with zero attached hydrogens (tertiary/aromatic N) is 3. The second kappa shape index (κ2) is 9.11. The van der Waals surface area contributed by atoms with E-state index in [0.717, 1.165) is 13.1 Å². The van der Waals surface area contributed by atoms with Gasteiger partial charge in [-0.1, -0.05) is 18.2 Å². The maximum atomic E-state index is 12.7. The first-order valence-electron chi connectivity index (χ1n) is 10.3. The molecule has 0 bridgehead atoms. The number of aromatic nitrogens is 1. The number of para-hydroxylation sites is 1. The average molecular weight is 417 g/mol. The Morgan fingerprint density at radius 3 is 2.45 bits per heavy atom. The monoisotopic (exact) mass is 416 g/mol. The van der Waals surface area contributed by atoms with E-state index in [1.54, 1.807) is 12.1 Å². The number of piperidine rings is 1. The second-order valence-corrected chi connectivity index (χ2v) is 9.36. The molecular weight excluding hydrogens is 388 g/mol. The van der Waals surface area contributed by atoms with Crippen molar-refractivity contribution in [2.24, 2.45) is 0 Å². The Hall–Kier alpha value is -2.16. The van der Waals surface area contributed by atoms with Crippen LogP contribution in [0.15, 0.2) is 47.5 Å². The SMILES string of the molecule is O=S(=O)(c1ccc(NCc2ccccc2N2CCCCC2)nc1)N1CCOCC1. The van der Waals surface area contributed by atoms with Crippen LogP contribution in [0.5, 0.6) is 0 Å². The summed E-state index contributed by atoms with van der Waals surface area (Å²) in [6.07, 6.45) is 5.22. The zero-order chi connectivity index (χ0) is 20.1. The standard InChI is InChI=1S/C21H28N4O3S/c26-29(27,25-12-14-28-15-13-25)19-8-9-21(23-17-19)22-16-18-6-2-3-7-20(18)24-10-4-1-5-11-24/h2-3,6-9,17H,1,4-5,10-16H2,(H,22,23). The molecule has 1 aromatic carbocycles. The number of anilines is 2. The molecule has 2 aromatic rings. The zero-order valence-corrected chi connectivity index (χ0v) is 17.4. The Labute approximate surface area is 172 Å². The summed E-state index contributed by atoms with van der Waals surface area (Å²) in [6.45, 7) is 4.48. The van der Waals surface area contributed by atoms with Crippen LogP contribution in [-0.2, 0) is 21.3 Å². The lowest BCUT2D eigenvalue weighted by Crippen LogP contribution is -2.40. The zero-order valence-electron chi connectivity index (χ0n) is 16.6. The van der Waals surface area contributed by atoms with Crippen molar-refractivity contribution in [1.82, 2.24) is 9.29 Å². The first-order valence-corrected chi connectivity index (χ1v) is 11.7.